The zero-order chi connectivity index (χ0) is 19.2. The SMILES string of the molecule is Cc1cc(N2CCCC2Cn2nc(C(C)(C)C)ccc2=O)n2ncnc2n1. The van der Waals surface area contributed by atoms with Crippen molar-refractivity contribution in [3.8, 4) is 0 Å². The predicted octanol–water partition coefficient (Wildman–Crippen LogP) is 1.96. The molecule has 0 N–H and O–H groups in total. The average Bonchev–Trinajstić information content (AvgIpc) is 3.24. The summed E-state index contributed by atoms with van der Waals surface area (Å²) in [7, 11) is 0. The van der Waals surface area contributed by atoms with Crippen LogP contribution >= 0.6 is 0 Å². The third kappa shape index (κ3) is 3.31. The van der Waals surface area contributed by atoms with E-state index in [-0.39, 0.29) is 17.0 Å². The van der Waals surface area contributed by atoms with E-state index in [1.54, 1.807) is 15.3 Å². The average molecular weight is 367 g/mol. The van der Waals surface area contributed by atoms with Gasteiger partial charge in [0.25, 0.3) is 11.3 Å². The van der Waals surface area contributed by atoms with Gasteiger partial charge in [0.2, 0.25) is 0 Å². The molecule has 1 aliphatic heterocycles. The molecule has 4 rings (SSSR count). The van der Waals surface area contributed by atoms with Crippen molar-refractivity contribution in [1.82, 2.24) is 29.4 Å². The van der Waals surface area contributed by atoms with Crippen LogP contribution in [-0.2, 0) is 12.0 Å². The molecule has 0 radical (unpaired) electrons. The van der Waals surface area contributed by atoms with E-state index >= 15 is 0 Å². The molecule has 0 saturated carbocycles. The molecular weight excluding hydrogens is 342 g/mol. The molecule has 1 atom stereocenters. The fraction of sp³-hybridized carbons (Fsp3) is 0.526. The lowest BCUT2D eigenvalue weighted by Crippen LogP contribution is -2.38. The molecule has 0 aliphatic carbocycles. The van der Waals surface area contributed by atoms with E-state index in [4.69, 9.17) is 0 Å². The molecule has 0 bridgehead atoms. The highest BCUT2D eigenvalue weighted by Gasteiger charge is 2.28. The fourth-order valence-corrected chi connectivity index (χ4v) is 3.62. The Labute approximate surface area is 157 Å². The summed E-state index contributed by atoms with van der Waals surface area (Å²) in [5.74, 6) is 1.57. The molecule has 27 heavy (non-hydrogen) atoms. The predicted molar refractivity (Wildman–Crippen MR) is 103 cm³/mol. The summed E-state index contributed by atoms with van der Waals surface area (Å²) in [6, 6.07) is 5.66. The Morgan fingerprint density at radius 2 is 2.07 bits per heavy atom. The number of rotatable bonds is 3. The highest BCUT2D eigenvalue weighted by atomic mass is 16.1. The summed E-state index contributed by atoms with van der Waals surface area (Å²) in [6.07, 6.45) is 3.59. The summed E-state index contributed by atoms with van der Waals surface area (Å²) >= 11 is 0. The topological polar surface area (TPSA) is 81.2 Å². The third-order valence-electron chi connectivity index (χ3n) is 5.05. The molecule has 1 saturated heterocycles. The van der Waals surface area contributed by atoms with Crippen LogP contribution < -0.4 is 10.5 Å². The molecule has 1 aliphatic rings. The van der Waals surface area contributed by atoms with Gasteiger partial charge in [-0.05, 0) is 25.8 Å². The number of anilines is 1. The molecular formula is C19H25N7O. The van der Waals surface area contributed by atoms with Crippen molar-refractivity contribution in [2.45, 2.75) is 58.5 Å². The Kier molecular flexibility index (Phi) is 4.20. The first kappa shape index (κ1) is 17.6. The van der Waals surface area contributed by atoms with Crippen molar-refractivity contribution in [2.75, 3.05) is 11.4 Å². The van der Waals surface area contributed by atoms with E-state index in [9.17, 15) is 4.79 Å². The van der Waals surface area contributed by atoms with E-state index in [0.717, 1.165) is 36.6 Å². The van der Waals surface area contributed by atoms with Crippen molar-refractivity contribution in [2.24, 2.45) is 0 Å². The molecule has 8 nitrogen and oxygen atoms in total. The molecule has 3 aromatic rings. The summed E-state index contributed by atoms with van der Waals surface area (Å²) < 4.78 is 3.38. The van der Waals surface area contributed by atoms with E-state index in [2.05, 4.69) is 45.8 Å². The van der Waals surface area contributed by atoms with Gasteiger partial charge in [0, 0.05) is 29.8 Å². The van der Waals surface area contributed by atoms with Crippen LogP contribution in [0.5, 0.6) is 0 Å². The van der Waals surface area contributed by atoms with Crippen LogP contribution in [0.25, 0.3) is 5.78 Å². The van der Waals surface area contributed by atoms with Crippen LogP contribution in [0.15, 0.2) is 29.3 Å². The normalized spacial score (nSPS) is 17.8. The maximum Gasteiger partial charge on any atom is 0.266 e. The van der Waals surface area contributed by atoms with Crippen LogP contribution in [0, 0.1) is 6.92 Å². The van der Waals surface area contributed by atoms with Crippen molar-refractivity contribution in [3.05, 3.63) is 46.3 Å². The maximum atomic E-state index is 12.4. The lowest BCUT2D eigenvalue weighted by Gasteiger charge is -2.27. The molecule has 8 heteroatoms. The highest BCUT2D eigenvalue weighted by molar-refractivity contribution is 5.48. The van der Waals surface area contributed by atoms with Crippen molar-refractivity contribution in [1.29, 1.82) is 0 Å². The first-order chi connectivity index (χ1) is 12.8. The quantitative estimate of drug-likeness (QED) is 0.704. The van der Waals surface area contributed by atoms with Crippen LogP contribution in [-0.4, -0.2) is 41.9 Å². The number of aromatic nitrogens is 6. The number of nitrogens with zero attached hydrogens (tertiary/aromatic N) is 7. The largest absolute Gasteiger partial charge is 0.352 e. The Hall–Kier alpha value is -2.77. The Balaban J connectivity index is 1.69. The summed E-state index contributed by atoms with van der Waals surface area (Å²) in [4.78, 5) is 23.3. The molecule has 1 fully saturated rings. The Morgan fingerprint density at radius 1 is 1.26 bits per heavy atom. The molecule has 4 heterocycles. The zero-order valence-corrected chi connectivity index (χ0v) is 16.3. The van der Waals surface area contributed by atoms with Gasteiger partial charge in [-0.3, -0.25) is 4.79 Å². The second-order valence-corrected chi connectivity index (χ2v) is 8.21. The van der Waals surface area contributed by atoms with Gasteiger partial charge in [0.05, 0.1) is 18.3 Å². The van der Waals surface area contributed by atoms with E-state index in [1.165, 1.54) is 6.33 Å². The lowest BCUT2D eigenvalue weighted by molar-refractivity contribution is 0.455. The van der Waals surface area contributed by atoms with Gasteiger partial charge in [0.1, 0.15) is 12.1 Å². The number of hydrogen-bond donors (Lipinski definition) is 0. The first-order valence-corrected chi connectivity index (χ1v) is 9.35. The monoisotopic (exact) mass is 367 g/mol. The van der Waals surface area contributed by atoms with Crippen molar-refractivity contribution < 1.29 is 0 Å². The van der Waals surface area contributed by atoms with Gasteiger partial charge >= 0.3 is 0 Å². The fourth-order valence-electron chi connectivity index (χ4n) is 3.62. The highest BCUT2D eigenvalue weighted by Crippen LogP contribution is 2.27. The number of aryl methyl sites for hydroxylation is 1. The Morgan fingerprint density at radius 3 is 2.85 bits per heavy atom. The summed E-state index contributed by atoms with van der Waals surface area (Å²) in [5, 5.41) is 8.96. The van der Waals surface area contributed by atoms with Gasteiger partial charge in [0.15, 0.2) is 0 Å². The van der Waals surface area contributed by atoms with E-state index in [0.29, 0.717) is 12.3 Å². The second-order valence-electron chi connectivity index (χ2n) is 8.21. The lowest BCUT2D eigenvalue weighted by atomic mass is 9.92. The van der Waals surface area contributed by atoms with Gasteiger partial charge in [-0.25, -0.2) is 9.67 Å². The zero-order valence-electron chi connectivity index (χ0n) is 16.3. The Bertz CT molecular complexity index is 1030. The second kappa shape index (κ2) is 6.44. The van der Waals surface area contributed by atoms with E-state index in [1.807, 2.05) is 19.1 Å². The van der Waals surface area contributed by atoms with E-state index < -0.39 is 0 Å². The summed E-state index contributed by atoms with van der Waals surface area (Å²) in [6.45, 7) is 9.74. The maximum absolute atomic E-state index is 12.4. The van der Waals surface area contributed by atoms with Gasteiger partial charge in [-0.15, -0.1) is 0 Å². The van der Waals surface area contributed by atoms with Crippen LogP contribution in [0.4, 0.5) is 5.82 Å². The standard InChI is InChI=1S/C19H25N7O/c1-13-10-16(26-18(22-13)20-12-21-26)24-9-5-6-14(24)11-25-17(27)8-7-15(23-25)19(2,3)4/h7-8,10,12,14H,5-6,9,11H2,1-4H3. The van der Waals surface area contributed by atoms with Gasteiger partial charge in [-0.2, -0.15) is 19.7 Å². The minimum atomic E-state index is -0.0973. The number of fused-ring (bicyclic) bond motifs is 1. The first-order valence-electron chi connectivity index (χ1n) is 9.35. The molecule has 142 valence electrons. The number of hydrogen-bond acceptors (Lipinski definition) is 6. The molecule has 0 spiro atoms. The molecule has 0 amide bonds. The smallest absolute Gasteiger partial charge is 0.266 e. The van der Waals surface area contributed by atoms with Crippen LogP contribution in [0.3, 0.4) is 0 Å². The minimum absolute atomic E-state index is 0.0633. The third-order valence-corrected chi connectivity index (χ3v) is 5.05. The van der Waals surface area contributed by atoms with Crippen molar-refractivity contribution >= 4 is 11.6 Å². The summed E-state index contributed by atoms with van der Waals surface area (Å²) in [5.41, 5.74) is 1.66. The van der Waals surface area contributed by atoms with Gasteiger partial charge in [-0.1, -0.05) is 20.8 Å². The van der Waals surface area contributed by atoms with Gasteiger partial charge < -0.3 is 4.90 Å². The van der Waals surface area contributed by atoms with Crippen LogP contribution in [0.1, 0.15) is 45.0 Å². The van der Waals surface area contributed by atoms with Crippen molar-refractivity contribution in [3.63, 3.8) is 0 Å². The minimum Gasteiger partial charge on any atom is -0.352 e. The molecule has 3 aromatic heterocycles. The molecule has 0 aromatic carbocycles. The van der Waals surface area contributed by atoms with Crippen LogP contribution in [0.2, 0.25) is 0 Å². The molecule has 1 unspecified atom stereocenters.